The SMILES string of the molecule is CC1(O[Si](c2ccccc2)(c2ccccc2)C(C)(C)C)CCCCN(c2nc(OC[C@@]34CCCN3C[C@H](F)C4)nc(-c3noc([C@@]4(C)CCCc5sc(N)c(C#N)c54)n3)n2)C1. The van der Waals surface area contributed by atoms with Gasteiger partial charge in [0.1, 0.15) is 23.8 Å². The van der Waals surface area contributed by atoms with Crippen molar-refractivity contribution in [1.82, 2.24) is 30.0 Å². The molecule has 9 rings (SSSR count). The van der Waals surface area contributed by atoms with E-state index >= 15 is 0 Å². The van der Waals surface area contributed by atoms with E-state index in [9.17, 15) is 9.65 Å². The van der Waals surface area contributed by atoms with Crippen LogP contribution in [0.15, 0.2) is 65.2 Å². The lowest BCUT2D eigenvalue weighted by molar-refractivity contribution is 0.0772. The smallest absolute Gasteiger partial charge is 0.321 e. The molecule has 15 heteroatoms. The number of nitriles is 1. The van der Waals surface area contributed by atoms with Crippen molar-refractivity contribution < 1.29 is 18.1 Å². The summed E-state index contributed by atoms with van der Waals surface area (Å²) < 4.78 is 35.3. The molecule has 0 radical (unpaired) electrons. The minimum absolute atomic E-state index is 0.136. The van der Waals surface area contributed by atoms with E-state index in [0.717, 1.165) is 68.4 Å². The van der Waals surface area contributed by atoms with Crippen molar-refractivity contribution in [2.75, 3.05) is 43.4 Å². The van der Waals surface area contributed by atoms with Gasteiger partial charge in [0.05, 0.1) is 22.1 Å². The molecule has 320 valence electrons. The second kappa shape index (κ2) is 15.9. The number of alkyl halides is 1. The summed E-state index contributed by atoms with van der Waals surface area (Å²) in [6.07, 6.45) is 6.56. The molecule has 0 bridgehead atoms. The van der Waals surface area contributed by atoms with E-state index in [0.29, 0.717) is 48.5 Å². The Morgan fingerprint density at radius 3 is 2.38 bits per heavy atom. The van der Waals surface area contributed by atoms with Gasteiger partial charge in [0.2, 0.25) is 23.5 Å². The summed E-state index contributed by atoms with van der Waals surface area (Å²) in [6.45, 7) is 14.0. The molecular weight excluding hydrogens is 806 g/mol. The number of benzene rings is 2. The second-order valence-corrected chi connectivity index (χ2v) is 24.4. The maximum Gasteiger partial charge on any atom is 0.321 e. The number of halogens is 1. The van der Waals surface area contributed by atoms with E-state index in [4.69, 9.17) is 39.4 Å². The fourth-order valence-electron chi connectivity index (χ4n) is 10.8. The summed E-state index contributed by atoms with van der Waals surface area (Å²) in [4.78, 5) is 25.3. The van der Waals surface area contributed by atoms with Crippen molar-refractivity contribution in [3.05, 3.63) is 82.6 Å². The summed E-state index contributed by atoms with van der Waals surface area (Å²) in [5.41, 5.74) is 5.99. The maximum absolute atomic E-state index is 14.9. The summed E-state index contributed by atoms with van der Waals surface area (Å²) in [5.74, 6) is 1.23. The first kappa shape index (κ1) is 41.6. The van der Waals surface area contributed by atoms with E-state index in [1.165, 1.54) is 21.7 Å². The molecule has 5 aromatic rings. The third kappa shape index (κ3) is 7.42. The number of anilines is 2. The zero-order valence-corrected chi connectivity index (χ0v) is 37.7. The Bertz CT molecular complexity index is 2380. The van der Waals surface area contributed by atoms with Crippen LogP contribution < -0.4 is 25.7 Å². The Morgan fingerprint density at radius 2 is 1.67 bits per heavy atom. The van der Waals surface area contributed by atoms with E-state index in [1.807, 2.05) is 6.92 Å². The average Bonchev–Trinajstić information content (AvgIpc) is 4.01. The van der Waals surface area contributed by atoms with Gasteiger partial charge in [-0.3, -0.25) is 4.90 Å². The Morgan fingerprint density at radius 1 is 0.934 bits per heavy atom. The number of rotatable bonds is 10. The highest BCUT2D eigenvalue weighted by Gasteiger charge is 2.54. The van der Waals surface area contributed by atoms with Gasteiger partial charge in [-0.15, -0.1) is 11.3 Å². The number of nitrogens with zero attached hydrogens (tertiary/aromatic N) is 8. The third-order valence-corrected chi connectivity index (χ3v) is 20.0. The average molecular weight is 862 g/mol. The van der Waals surface area contributed by atoms with Crippen LogP contribution in [0.3, 0.4) is 0 Å². The fourth-order valence-corrected chi connectivity index (χ4v) is 16.8. The van der Waals surface area contributed by atoms with Gasteiger partial charge in [-0.2, -0.15) is 25.2 Å². The van der Waals surface area contributed by atoms with Crippen molar-refractivity contribution in [3.8, 4) is 23.7 Å². The summed E-state index contributed by atoms with van der Waals surface area (Å²) in [5, 5.41) is 17.3. The van der Waals surface area contributed by atoms with Crippen molar-refractivity contribution in [2.24, 2.45) is 0 Å². The molecule has 0 saturated carbocycles. The molecule has 0 spiro atoms. The van der Waals surface area contributed by atoms with Crippen molar-refractivity contribution in [3.63, 3.8) is 0 Å². The highest BCUT2D eigenvalue weighted by Crippen LogP contribution is 2.49. The van der Waals surface area contributed by atoms with Crippen molar-refractivity contribution in [1.29, 1.82) is 5.26 Å². The third-order valence-electron chi connectivity index (χ3n) is 13.7. The molecule has 4 atom stereocenters. The van der Waals surface area contributed by atoms with Gasteiger partial charge in [0, 0.05) is 36.5 Å². The van der Waals surface area contributed by atoms with Gasteiger partial charge in [0.15, 0.2) is 0 Å². The van der Waals surface area contributed by atoms with Crippen molar-refractivity contribution in [2.45, 2.75) is 120 Å². The number of hydrogen-bond donors (Lipinski definition) is 1. The van der Waals surface area contributed by atoms with E-state index in [1.54, 1.807) is 0 Å². The number of ether oxygens (including phenoxy) is 1. The van der Waals surface area contributed by atoms with Gasteiger partial charge in [-0.25, -0.2) is 4.39 Å². The van der Waals surface area contributed by atoms with Gasteiger partial charge >= 0.3 is 6.01 Å². The molecule has 2 aromatic carbocycles. The van der Waals surface area contributed by atoms with Gasteiger partial charge in [0.25, 0.3) is 8.32 Å². The second-order valence-electron chi connectivity index (χ2n) is 19.1. The molecule has 12 nitrogen and oxygen atoms in total. The van der Waals surface area contributed by atoms with Gasteiger partial charge in [-0.1, -0.05) is 86.6 Å². The standard InChI is InChI=1S/C46H56FN9O3SSi/c1-43(2,3)61(32-16-8-6-9-17-32,33-18-10-7-11-19-33)59-44(4)21-12-13-24-55(29-44)41-51-38(52-42(53-41)57-30-46-23-15-25-56(46)28-31(47)26-46)39-50-40(58-54-39)45(5)22-14-20-35-36(45)34(27-48)37(49)60-35/h6-11,16-19,31H,12-15,20-26,28-30,49H2,1-5H3/t31-,44?,45+,46+/m1/s1. The zero-order chi connectivity index (χ0) is 42.6. The lowest BCUT2D eigenvalue weighted by atomic mass is 9.72. The largest absolute Gasteiger partial charge is 0.461 e. The lowest BCUT2D eigenvalue weighted by Gasteiger charge is -2.49. The van der Waals surface area contributed by atoms with Crippen LogP contribution in [0.1, 0.15) is 108 Å². The fraction of sp³-hybridized carbons (Fsp3) is 0.522. The summed E-state index contributed by atoms with van der Waals surface area (Å²) >= 11 is 1.46. The molecule has 2 N–H and O–H groups in total. The van der Waals surface area contributed by atoms with Crippen LogP contribution in [0.5, 0.6) is 6.01 Å². The predicted molar refractivity (Wildman–Crippen MR) is 238 cm³/mol. The van der Waals surface area contributed by atoms with E-state index in [2.05, 4.69) is 109 Å². The number of nitrogen functional groups attached to an aromatic ring is 1. The first-order valence-electron chi connectivity index (χ1n) is 21.8. The van der Waals surface area contributed by atoms with E-state index < -0.39 is 31.0 Å². The normalized spacial score (nSPS) is 25.8. The van der Waals surface area contributed by atoms with Crippen LogP contribution in [0, 0.1) is 11.3 Å². The van der Waals surface area contributed by atoms with Crippen molar-refractivity contribution >= 4 is 41.0 Å². The van der Waals surface area contributed by atoms with Crippen LogP contribution >= 0.6 is 11.3 Å². The first-order valence-corrected chi connectivity index (χ1v) is 24.5. The molecule has 3 fully saturated rings. The van der Waals surface area contributed by atoms with Crippen LogP contribution in [-0.2, 0) is 16.3 Å². The zero-order valence-electron chi connectivity index (χ0n) is 35.9. The summed E-state index contributed by atoms with van der Waals surface area (Å²) in [6, 6.07) is 24.0. The van der Waals surface area contributed by atoms with Gasteiger partial charge in [-0.05, 0) is 87.2 Å². The van der Waals surface area contributed by atoms with Crippen LogP contribution in [0.2, 0.25) is 5.04 Å². The lowest BCUT2D eigenvalue weighted by Crippen LogP contribution is -2.70. The Hall–Kier alpha value is -4.75. The first-order chi connectivity index (χ1) is 29.3. The molecule has 1 aliphatic carbocycles. The molecule has 1 unspecified atom stereocenters. The van der Waals surface area contributed by atoms with Crippen LogP contribution in [0.25, 0.3) is 11.6 Å². The monoisotopic (exact) mass is 861 g/mol. The molecule has 61 heavy (non-hydrogen) atoms. The van der Waals surface area contributed by atoms with Gasteiger partial charge < -0.3 is 24.3 Å². The molecule has 3 aromatic heterocycles. The molecule has 4 aliphatic rings. The number of fused-ring (bicyclic) bond motifs is 2. The number of nitrogens with two attached hydrogens (primary N) is 1. The predicted octanol–water partition coefficient (Wildman–Crippen LogP) is 7.36. The number of aryl methyl sites for hydroxylation is 1. The topological polar surface area (TPSA) is 152 Å². The maximum atomic E-state index is 14.9. The molecule has 3 aliphatic heterocycles. The molecule has 6 heterocycles. The molecule has 0 amide bonds. The Balaban J connectivity index is 1.10. The number of hydrogen-bond acceptors (Lipinski definition) is 13. The Labute approximate surface area is 362 Å². The number of thiophene rings is 1. The molecule has 3 saturated heterocycles. The highest BCUT2D eigenvalue weighted by molar-refractivity contribution is 7.16. The Kier molecular flexibility index (Phi) is 10.8. The van der Waals surface area contributed by atoms with Crippen LogP contribution in [-0.4, -0.2) is 88.4 Å². The van der Waals surface area contributed by atoms with E-state index in [-0.39, 0.29) is 29.3 Å². The van der Waals surface area contributed by atoms with Crippen LogP contribution in [0.4, 0.5) is 15.3 Å². The summed E-state index contributed by atoms with van der Waals surface area (Å²) in [7, 11) is -2.93. The minimum atomic E-state index is -2.93. The molecular formula is C46H56FN9O3SSi. The quantitative estimate of drug-likeness (QED) is 0.140. The minimum Gasteiger partial charge on any atom is -0.461 e. The highest BCUT2D eigenvalue weighted by atomic mass is 32.1. The number of aromatic nitrogens is 5.